The Kier molecular flexibility index (Phi) is 4.08. The summed E-state index contributed by atoms with van der Waals surface area (Å²) in [4.78, 5) is 20.6. The van der Waals surface area contributed by atoms with Crippen LogP contribution < -0.4 is 9.64 Å². The van der Waals surface area contributed by atoms with Crippen LogP contribution in [-0.2, 0) is 4.74 Å². The predicted octanol–water partition coefficient (Wildman–Crippen LogP) is 2.54. The van der Waals surface area contributed by atoms with Crippen molar-refractivity contribution in [2.75, 3.05) is 31.6 Å². The average molecular weight is 319 g/mol. The van der Waals surface area contributed by atoms with Gasteiger partial charge in [-0.15, -0.1) is 0 Å². The Morgan fingerprint density at radius 3 is 2.78 bits per heavy atom. The van der Waals surface area contributed by atoms with Crippen LogP contribution in [0.25, 0.3) is 0 Å². The number of carbonyl (C=O) groups excluding carboxylic acids is 1. The van der Waals surface area contributed by atoms with Gasteiger partial charge < -0.3 is 19.3 Å². The molecule has 0 aromatic carbocycles. The highest BCUT2D eigenvalue weighted by atomic mass is 16.6. The number of hydrogen-bond acceptors (Lipinski definition) is 5. The van der Waals surface area contributed by atoms with E-state index in [1.807, 2.05) is 37.9 Å². The average Bonchev–Trinajstić information content (AvgIpc) is 2.47. The first kappa shape index (κ1) is 15.9. The van der Waals surface area contributed by atoms with Crippen LogP contribution in [0, 0.1) is 5.92 Å². The maximum absolute atomic E-state index is 12.3. The lowest BCUT2D eigenvalue weighted by Crippen LogP contribution is -2.65. The molecule has 0 spiro atoms. The van der Waals surface area contributed by atoms with Crippen molar-refractivity contribution in [2.45, 2.75) is 38.8 Å². The third-order valence-corrected chi connectivity index (χ3v) is 4.47. The topological polar surface area (TPSA) is 54.9 Å². The molecule has 2 aliphatic heterocycles. The monoisotopic (exact) mass is 319 g/mol. The molecule has 2 saturated heterocycles. The van der Waals surface area contributed by atoms with Crippen molar-refractivity contribution in [1.82, 2.24) is 9.88 Å². The minimum Gasteiger partial charge on any atom is -0.495 e. The molecule has 6 heteroatoms. The third kappa shape index (κ3) is 3.35. The van der Waals surface area contributed by atoms with Gasteiger partial charge in [0, 0.05) is 31.6 Å². The second kappa shape index (κ2) is 5.91. The van der Waals surface area contributed by atoms with Gasteiger partial charge in [0.05, 0.1) is 31.2 Å². The summed E-state index contributed by atoms with van der Waals surface area (Å²) >= 11 is 0. The highest BCUT2D eigenvalue weighted by Crippen LogP contribution is 2.37. The van der Waals surface area contributed by atoms with E-state index in [1.165, 1.54) is 0 Å². The van der Waals surface area contributed by atoms with Crippen LogP contribution in [0.5, 0.6) is 5.75 Å². The molecule has 1 aromatic heterocycles. The Morgan fingerprint density at radius 2 is 2.09 bits per heavy atom. The molecule has 1 amide bonds. The van der Waals surface area contributed by atoms with E-state index in [2.05, 4.69) is 9.88 Å². The number of ether oxygens (including phenoxy) is 2. The maximum atomic E-state index is 12.3. The normalized spacial score (nSPS) is 23.8. The number of rotatable bonds is 2. The first-order valence-electron chi connectivity index (χ1n) is 8.11. The van der Waals surface area contributed by atoms with E-state index in [4.69, 9.17) is 9.47 Å². The summed E-state index contributed by atoms with van der Waals surface area (Å²) in [6.45, 7) is 8.19. The van der Waals surface area contributed by atoms with E-state index >= 15 is 0 Å². The molecule has 0 bridgehead atoms. The number of hydrogen-bond donors (Lipinski definition) is 0. The first-order valence-corrected chi connectivity index (χ1v) is 8.11. The van der Waals surface area contributed by atoms with E-state index in [-0.39, 0.29) is 6.09 Å². The van der Waals surface area contributed by atoms with Gasteiger partial charge in [0.1, 0.15) is 11.4 Å². The predicted molar refractivity (Wildman–Crippen MR) is 87.8 cm³/mol. The molecule has 3 rings (SSSR count). The van der Waals surface area contributed by atoms with Crippen LogP contribution in [-0.4, -0.2) is 54.4 Å². The van der Waals surface area contributed by atoms with Crippen molar-refractivity contribution < 1.29 is 14.3 Å². The number of aromatic nitrogens is 1. The maximum Gasteiger partial charge on any atom is 0.410 e. The second-order valence-corrected chi connectivity index (χ2v) is 7.28. The SMILES string of the molecule is COc1cncc(N2C[C@H]3CCN(C(=O)OC(C)(C)C)C[C@H]32)c1. The van der Waals surface area contributed by atoms with Gasteiger partial charge in [0.2, 0.25) is 0 Å². The fourth-order valence-corrected chi connectivity index (χ4v) is 3.26. The molecule has 2 aliphatic rings. The van der Waals surface area contributed by atoms with Crippen LogP contribution in [0.2, 0.25) is 0 Å². The molecule has 0 aliphatic carbocycles. The quantitative estimate of drug-likeness (QED) is 0.838. The number of amides is 1. The zero-order valence-electron chi connectivity index (χ0n) is 14.3. The van der Waals surface area contributed by atoms with Gasteiger partial charge in [0.15, 0.2) is 0 Å². The third-order valence-electron chi connectivity index (χ3n) is 4.47. The zero-order chi connectivity index (χ0) is 16.6. The van der Waals surface area contributed by atoms with Crippen molar-refractivity contribution >= 4 is 11.8 Å². The molecule has 2 atom stereocenters. The summed E-state index contributed by atoms with van der Waals surface area (Å²) in [6.07, 6.45) is 4.36. The minimum atomic E-state index is -0.454. The van der Waals surface area contributed by atoms with E-state index in [1.54, 1.807) is 13.3 Å². The van der Waals surface area contributed by atoms with Crippen LogP contribution in [0.3, 0.4) is 0 Å². The molecule has 3 heterocycles. The van der Waals surface area contributed by atoms with Crippen molar-refractivity contribution in [3.05, 3.63) is 18.5 Å². The van der Waals surface area contributed by atoms with Gasteiger partial charge in [-0.05, 0) is 27.2 Å². The van der Waals surface area contributed by atoms with Gasteiger partial charge in [-0.25, -0.2) is 4.79 Å². The fraction of sp³-hybridized carbons (Fsp3) is 0.647. The molecular weight excluding hydrogens is 294 g/mol. The van der Waals surface area contributed by atoms with Gasteiger partial charge in [-0.2, -0.15) is 0 Å². The van der Waals surface area contributed by atoms with Gasteiger partial charge in [-0.3, -0.25) is 4.98 Å². The fourth-order valence-electron chi connectivity index (χ4n) is 3.26. The molecule has 0 radical (unpaired) electrons. The lowest BCUT2D eigenvalue weighted by atomic mass is 9.82. The summed E-state index contributed by atoms with van der Waals surface area (Å²) < 4.78 is 10.7. The standard InChI is InChI=1S/C17H25N3O3/c1-17(2,3)23-16(21)19-6-5-12-10-20(15(12)11-19)13-7-14(22-4)9-18-8-13/h7-9,12,15H,5-6,10-11H2,1-4H3/t12-,15-/m1/s1. The van der Waals surface area contributed by atoms with Crippen molar-refractivity contribution in [3.63, 3.8) is 0 Å². The number of piperidine rings is 1. The molecule has 23 heavy (non-hydrogen) atoms. The van der Waals surface area contributed by atoms with Crippen molar-refractivity contribution in [1.29, 1.82) is 0 Å². The molecule has 0 unspecified atom stereocenters. The molecular formula is C17H25N3O3. The van der Waals surface area contributed by atoms with Crippen molar-refractivity contribution in [3.8, 4) is 5.75 Å². The Morgan fingerprint density at radius 1 is 1.30 bits per heavy atom. The highest BCUT2D eigenvalue weighted by molar-refractivity contribution is 5.68. The van der Waals surface area contributed by atoms with E-state index in [0.717, 1.165) is 30.9 Å². The van der Waals surface area contributed by atoms with Gasteiger partial charge in [-0.1, -0.05) is 0 Å². The van der Waals surface area contributed by atoms with Crippen LogP contribution >= 0.6 is 0 Å². The number of likely N-dealkylation sites (tertiary alicyclic amines) is 1. The Balaban J connectivity index is 1.67. The van der Waals surface area contributed by atoms with Crippen LogP contribution in [0.15, 0.2) is 18.5 Å². The molecule has 2 fully saturated rings. The summed E-state index contributed by atoms with van der Waals surface area (Å²) in [6, 6.07) is 2.33. The van der Waals surface area contributed by atoms with Crippen molar-refractivity contribution in [2.24, 2.45) is 5.92 Å². The number of fused-ring (bicyclic) bond motifs is 1. The Labute approximate surface area is 137 Å². The lowest BCUT2D eigenvalue weighted by molar-refractivity contribution is 0.0107. The largest absolute Gasteiger partial charge is 0.495 e. The summed E-state index contributed by atoms with van der Waals surface area (Å²) in [5, 5.41) is 0. The number of methoxy groups -OCH3 is 1. The summed E-state index contributed by atoms with van der Waals surface area (Å²) in [5.41, 5.74) is 0.598. The summed E-state index contributed by atoms with van der Waals surface area (Å²) in [7, 11) is 1.64. The molecule has 0 N–H and O–H groups in total. The Bertz CT molecular complexity index is 585. The number of anilines is 1. The number of carbonyl (C=O) groups is 1. The molecule has 126 valence electrons. The van der Waals surface area contributed by atoms with Gasteiger partial charge in [0.25, 0.3) is 0 Å². The molecule has 6 nitrogen and oxygen atoms in total. The first-order chi connectivity index (χ1) is 10.9. The lowest BCUT2D eigenvalue weighted by Gasteiger charge is -2.54. The van der Waals surface area contributed by atoms with E-state index < -0.39 is 5.60 Å². The van der Waals surface area contributed by atoms with E-state index in [0.29, 0.717) is 18.5 Å². The molecule has 0 saturated carbocycles. The van der Waals surface area contributed by atoms with E-state index in [9.17, 15) is 4.79 Å². The Hall–Kier alpha value is -1.98. The second-order valence-electron chi connectivity index (χ2n) is 7.28. The van der Waals surface area contributed by atoms with Gasteiger partial charge >= 0.3 is 6.09 Å². The number of pyridine rings is 1. The molecule has 1 aromatic rings. The van der Waals surface area contributed by atoms with Crippen LogP contribution in [0.1, 0.15) is 27.2 Å². The smallest absolute Gasteiger partial charge is 0.410 e. The van der Waals surface area contributed by atoms with Crippen LogP contribution in [0.4, 0.5) is 10.5 Å². The highest BCUT2D eigenvalue weighted by Gasteiger charge is 2.44. The number of nitrogens with zero attached hydrogens (tertiary/aromatic N) is 3. The minimum absolute atomic E-state index is 0.216. The zero-order valence-corrected chi connectivity index (χ0v) is 14.3. The summed E-state index contributed by atoms with van der Waals surface area (Å²) in [5.74, 6) is 1.39.